The molecule has 0 spiro atoms. The average Bonchev–Trinajstić information content (AvgIpc) is 2.66. The summed E-state index contributed by atoms with van der Waals surface area (Å²) in [6, 6.07) is 6.36. The van der Waals surface area contributed by atoms with Gasteiger partial charge in [-0.1, -0.05) is 6.07 Å². The molecule has 102 valence electrons. The van der Waals surface area contributed by atoms with E-state index in [1.54, 1.807) is 17.7 Å². The Bertz CT molecular complexity index is 579. The molecular formula is C14H17FN2O2. The van der Waals surface area contributed by atoms with Crippen LogP contribution in [-0.2, 0) is 13.7 Å². The number of aryl methyl sites for hydroxylation is 2. The van der Waals surface area contributed by atoms with Crippen LogP contribution in [0.5, 0.6) is 5.75 Å². The monoisotopic (exact) mass is 264 g/mol. The Labute approximate surface area is 111 Å². The molecule has 1 N–H and O–H groups in total. The highest BCUT2D eigenvalue weighted by atomic mass is 19.1. The van der Waals surface area contributed by atoms with Gasteiger partial charge in [-0.15, -0.1) is 0 Å². The molecule has 0 aliphatic heterocycles. The summed E-state index contributed by atoms with van der Waals surface area (Å²) in [5.41, 5.74) is 2.30. The zero-order valence-corrected chi connectivity index (χ0v) is 11.2. The molecule has 1 heterocycles. The molecule has 0 bridgehead atoms. The number of hydrogen-bond acceptors (Lipinski definition) is 3. The van der Waals surface area contributed by atoms with Crippen LogP contribution in [0.3, 0.4) is 0 Å². The Morgan fingerprint density at radius 2 is 2.16 bits per heavy atom. The Kier molecular flexibility index (Phi) is 3.85. The molecule has 1 aromatic heterocycles. The van der Waals surface area contributed by atoms with Gasteiger partial charge in [-0.2, -0.15) is 5.10 Å². The van der Waals surface area contributed by atoms with Gasteiger partial charge in [0.15, 0.2) is 11.6 Å². The SMILES string of the molecule is Cc1cc(COc2ccc([C@H](C)O)cc2F)n(C)n1. The van der Waals surface area contributed by atoms with E-state index in [0.29, 0.717) is 5.56 Å². The first kappa shape index (κ1) is 13.5. The van der Waals surface area contributed by atoms with E-state index in [0.717, 1.165) is 11.4 Å². The predicted octanol–water partition coefficient (Wildman–Crippen LogP) is 2.50. The second-order valence-corrected chi connectivity index (χ2v) is 4.56. The van der Waals surface area contributed by atoms with Gasteiger partial charge in [0, 0.05) is 7.05 Å². The lowest BCUT2D eigenvalue weighted by Crippen LogP contribution is -2.04. The second-order valence-electron chi connectivity index (χ2n) is 4.56. The van der Waals surface area contributed by atoms with Crippen LogP contribution in [0.4, 0.5) is 4.39 Å². The van der Waals surface area contributed by atoms with Crippen molar-refractivity contribution in [1.29, 1.82) is 0 Å². The van der Waals surface area contributed by atoms with Crippen molar-refractivity contribution in [3.05, 3.63) is 47.0 Å². The van der Waals surface area contributed by atoms with Crippen molar-refractivity contribution in [3.8, 4) is 5.75 Å². The van der Waals surface area contributed by atoms with Crippen molar-refractivity contribution < 1.29 is 14.2 Å². The number of aromatic nitrogens is 2. The zero-order chi connectivity index (χ0) is 14.0. The van der Waals surface area contributed by atoms with Crippen molar-refractivity contribution in [3.63, 3.8) is 0 Å². The molecule has 4 nitrogen and oxygen atoms in total. The highest BCUT2D eigenvalue weighted by molar-refractivity contribution is 5.30. The third kappa shape index (κ3) is 3.12. The van der Waals surface area contributed by atoms with Crippen LogP contribution < -0.4 is 4.74 Å². The topological polar surface area (TPSA) is 47.3 Å². The standard InChI is InChI=1S/C14H17FN2O2/c1-9-6-12(17(3)16-9)8-19-14-5-4-11(10(2)18)7-13(14)15/h4-7,10,18H,8H2,1-3H3/t10-/m0/s1. The quantitative estimate of drug-likeness (QED) is 0.923. The second kappa shape index (κ2) is 5.40. The number of benzene rings is 1. The summed E-state index contributed by atoms with van der Waals surface area (Å²) < 4.78 is 20.9. The van der Waals surface area contributed by atoms with E-state index in [-0.39, 0.29) is 12.4 Å². The van der Waals surface area contributed by atoms with Crippen LogP contribution in [0.25, 0.3) is 0 Å². The van der Waals surface area contributed by atoms with Crippen LogP contribution in [0.2, 0.25) is 0 Å². The van der Waals surface area contributed by atoms with Gasteiger partial charge < -0.3 is 9.84 Å². The Hall–Kier alpha value is -1.88. The highest BCUT2D eigenvalue weighted by Gasteiger charge is 2.09. The minimum absolute atomic E-state index is 0.170. The van der Waals surface area contributed by atoms with Crippen LogP contribution in [0.15, 0.2) is 24.3 Å². The number of aliphatic hydroxyl groups excluding tert-OH is 1. The van der Waals surface area contributed by atoms with Gasteiger partial charge in [-0.25, -0.2) is 4.39 Å². The van der Waals surface area contributed by atoms with Gasteiger partial charge in [0.1, 0.15) is 6.61 Å². The minimum Gasteiger partial charge on any atom is -0.484 e. The molecule has 0 radical (unpaired) electrons. The van der Waals surface area contributed by atoms with Crippen molar-refractivity contribution >= 4 is 0 Å². The first-order valence-corrected chi connectivity index (χ1v) is 6.07. The van der Waals surface area contributed by atoms with Crippen molar-refractivity contribution in [2.75, 3.05) is 0 Å². The summed E-state index contributed by atoms with van der Waals surface area (Å²) in [6.45, 7) is 3.73. The molecule has 2 rings (SSSR count). The molecule has 1 atom stereocenters. The maximum Gasteiger partial charge on any atom is 0.165 e. The molecule has 0 saturated carbocycles. The van der Waals surface area contributed by atoms with Crippen LogP contribution in [0.1, 0.15) is 30.0 Å². The van der Waals surface area contributed by atoms with E-state index >= 15 is 0 Å². The highest BCUT2D eigenvalue weighted by Crippen LogP contribution is 2.22. The number of aliphatic hydroxyl groups is 1. The van der Waals surface area contributed by atoms with Gasteiger partial charge in [0.05, 0.1) is 17.5 Å². The van der Waals surface area contributed by atoms with Gasteiger partial charge in [-0.3, -0.25) is 4.68 Å². The Morgan fingerprint density at radius 1 is 1.42 bits per heavy atom. The molecule has 0 aliphatic carbocycles. The summed E-state index contributed by atoms with van der Waals surface area (Å²) in [4.78, 5) is 0. The van der Waals surface area contributed by atoms with E-state index in [9.17, 15) is 9.50 Å². The van der Waals surface area contributed by atoms with Gasteiger partial charge >= 0.3 is 0 Å². The van der Waals surface area contributed by atoms with E-state index in [4.69, 9.17) is 4.74 Å². The zero-order valence-electron chi connectivity index (χ0n) is 11.2. The number of rotatable bonds is 4. The van der Waals surface area contributed by atoms with E-state index in [1.807, 2.05) is 20.0 Å². The molecule has 0 unspecified atom stereocenters. The number of halogens is 1. The average molecular weight is 264 g/mol. The Balaban J connectivity index is 2.10. The molecule has 0 saturated heterocycles. The molecule has 0 fully saturated rings. The normalized spacial score (nSPS) is 12.5. The molecule has 2 aromatic rings. The van der Waals surface area contributed by atoms with Crippen molar-refractivity contribution in [2.24, 2.45) is 7.05 Å². The fourth-order valence-corrected chi connectivity index (χ4v) is 1.85. The van der Waals surface area contributed by atoms with Crippen LogP contribution >= 0.6 is 0 Å². The predicted molar refractivity (Wildman–Crippen MR) is 69.3 cm³/mol. The Morgan fingerprint density at radius 3 is 2.68 bits per heavy atom. The molecule has 0 aliphatic rings. The fraction of sp³-hybridized carbons (Fsp3) is 0.357. The maximum absolute atomic E-state index is 13.8. The maximum atomic E-state index is 13.8. The summed E-state index contributed by atoms with van der Waals surface area (Å²) in [7, 11) is 1.82. The first-order chi connectivity index (χ1) is 8.97. The summed E-state index contributed by atoms with van der Waals surface area (Å²) >= 11 is 0. The molecule has 19 heavy (non-hydrogen) atoms. The lowest BCUT2D eigenvalue weighted by atomic mass is 10.1. The van der Waals surface area contributed by atoms with E-state index < -0.39 is 11.9 Å². The van der Waals surface area contributed by atoms with Gasteiger partial charge in [0.2, 0.25) is 0 Å². The number of nitrogens with zero attached hydrogens (tertiary/aromatic N) is 2. The lowest BCUT2D eigenvalue weighted by molar-refractivity contribution is 0.198. The molecule has 0 amide bonds. The molecule has 5 heteroatoms. The van der Waals surface area contributed by atoms with Crippen LogP contribution in [-0.4, -0.2) is 14.9 Å². The summed E-state index contributed by atoms with van der Waals surface area (Å²) in [5, 5.41) is 13.6. The summed E-state index contributed by atoms with van der Waals surface area (Å²) in [5.74, 6) is -0.305. The summed E-state index contributed by atoms with van der Waals surface area (Å²) in [6.07, 6.45) is -0.691. The molecular weight excluding hydrogens is 247 g/mol. The van der Waals surface area contributed by atoms with E-state index in [1.165, 1.54) is 12.1 Å². The molecule has 1 aromatic carbocycles. The van der Waals surface area contributed by atoms with Gasteiger partial charge in [-0.05, 0) is 37.6 Å². The lowest BCUT2D eigenvalue weighted by Gasteiger charge is -2.10. The number of hydrogen-bond donors (Lipinski definition) is 1. The third-order valence-corrected chi connectivity index (χ3v) is 2.91. The minimum atomic E-state index is -0.691. The number of ether oxygens (including phenoxy) is 1. The van der Waals surface area contributed by atoms with Crippen LogP contribution in [0, 0.1) is 12.7 Å². The van der Waals surface area contributed by atoms with E-state index in [2.05, 4.69) is 5.10 Å². The van der Waals surface area contributed by atoms with Crippen molar-refractivity contribution in [2.45, 2.75) is 26.6 Å². The first-order valence-electron chi connectivity index (χ1n) is 6.07. The largest absolute Gasteiger partial charge is 0.484 e. The smallest absolute Gasteiger partial charge is 0.165 e. The third-order valence-electron chi connectivity index (χ3n) is 2.91. The fourth-order valence-electron chi connectivity index (χ4n) is 1.85. The van der Waals surface area contributed by atoms with Crippen molar-refractivity contribution in [1.82, 2.24) is 9.78 Å². The van der Waals surface area contributed by atoms with Gasteiger partial charge in [0.25, 0.3) is 0 Å².